The predicted octanol–water partition coefficient (Wildman–Crippen LogP) is 1.91. The van der Waals surface area contributed by atoms with Crippen LogP contribution in [0.15, 0.2) is 36.7 Å². The smallest absolute Gasteiger partial charge is 0.223 e. The molecule has 0 bridgehead atoms. The Labute approximate surface area is 125 Å². The van der Waals surface area contributed by atoms with Gasteiger partial charge in [-0.05, 0) is 31.5 Å². The van der Waals surface area contributed by atoms with Crippen LogP contribution in [0.4, 0.5) is 5.95 Å². The van der Waals surface area contributed by atoms with Crippen LogP contribution in [0.5, 0.6) is 0 Å². The first-order valence-corrected chi connectivity index (χ1v) is 7.48. The van der Waals surface area contributed by atoms with Crippen molar-refractivity contribution >= 4 is 5.95 Å². The summed E-state index contributed by atoms with van der Waals surface area (Å²) in [5, 5.41) is 3.43. The number of nitrogens with zero attached hydrogens (tertiary/aromatic N) is 4. The van der Waals surface area contributed by atoms with Crippen molar-refractivity contribution in [1.29, 1.82) is 0 Å². The maximum atomic E-state index is 4.40. The normalized spacial score (nSPS) is 18.8. The summed E-state index contributed by atoms with van der Waals surface area (Å²) in [6.07, 6.45) is 5.81. The lowest BCUT2D eigenvalue weighted by atomic mass is 10.2. The zero-order valence-corrected chi connectivity index (χ0v) is 12.4. The van der Waals surface area contributed by atoms with E-state index in [2.05, 4.69) is 31.2 Å². The maximum Gasteiger partial charge on any atom is 0.223 e. The van der Waals surface area contributed by atoms with E-state index < -0.39 is 0 Å². The molecule has 1 aliphatic rings. The second kappa shape index (κ2) is 6.63. The van der Waals surface area contributed by atoms with E-state index in [1.165, 1.54) is 0 Å². The SMILES string of the molecule is Cc1ccnc(NC2CCN(CCc3ccccn3)C2)n1. The molecule has 0 saturated carbocycles. The Morgan fingerprint density at radius 1 is 1.24 bits per heavy atom. The van der Waals surface area contributed by atoms with E-state index >= 15 is 0 Å². The summed E-state index contributed by atoms with van der Waals surface area (Å²) in [7, 11) is 0. The molecule has 2 aromatic rings. The van der Waals surface area contributed by atoms with Crippen molar-refractivity contribution in [3.05, 3.63) is 48.0 Å². The molecule has 1 atom stereocenters. The molecule has 3 heterocycles. The zero-order valence-electron chi connectivity index (χ0n) is 12.4. The van der Waals surface area contributed by atoms with Gasteiger partial charge in [0.05, 0.1) is 0 Å². The van der Waals surface area contributed by atoms with Crippen LogP contribution in [0.3, 0.4) is 0 Å². The molecule has 1 saturated heterocycles. The van der Waals surface area contributed by atoms with Gasteiger partial charge in [0.2, 0.25) is 5.95 Å². The van der Waals surface area contributed by atoms with Crippen LogP contribution in [-0.2, 0) is 6.42 Å². The van der Waals surface area contributed by atoms with Gasteiger partial charge < -0.3 is 10.2 Å². The summed E-state index contributed by atoms with van der Waals surface area (Å²) in [5.74, 6) is 0.742. The third-order valence-electron chi connectivity index (χ3n) is 3.81. The van der Waals surface area contributed by atoms with Gasteiger partial charge in [-0.1, -0.05) is 6.07 Å². The highest BCUT2D eigenvalue weighted by molar-refractivity contribution is 5.27. The van der Waals surface area contributed by atoms with Crippen LogP contribution in [0, 0.1) is 6.92 Å². The number of aryl methyl sites for hydroxylation is 1. The summed E-state index contributed by atoms with van der Waals surface area (Å²) in [6.45, 7) is 5.21. The van der Waals surface area contributed by atoms with Gasteiger partial charge in [0.1, 0.15) is 0 Å². The van der Waals surface area contributed by atoms with Crippen molar-refractivity contribution < 1.29 is 0 Å². The van der Waals surface area contributed by atoms with E-state index in [4.69, 9.17) is 0 Å². The lowest BCUT2D eigenvalue weighted by molar-refractivity contribution is 0.339. The van der Waals surface area contributed by atoms with Crippen molar-refractivity contribution in [2.24, 2.45) is 0 Å². The highest BCUT2D eigenvalue weighted by Gasteiger charge is 2.22. The molecule has 1 fully saturated rings. The van der Waals surface area contributed by atoms with E-state index in [1.807, 2.05) is 31.3 Å². The standard InChI is InChI=1S/C16H21N5/c1-13-5-9-18-16(19-13)20-15-7-11-21(12-15)10-6-14-4-2-3-8-17-14/h2-5,8-9,15H,6-7,10-12H2,1H3,(H,18,19,20). The van der Waals surface area contributed by atoms with E-state index in [0.717, 1.165) is 49.8 Å². The second-order valence-corrected chi connectivity index (χ2v) is 5.52. The van der Waals surface area contributed by atoms with Crippen LogP contribution in [0.2, 0.25) is 0 Å². The molecule has 2 aromatic heterocycles. The van der Waals surface area contributed by atoms with Crippen molar-refractivity contribution in [2.75, 3.05) is 25.0 Å². The van der Waals surface area contributed by atoms with Gasteiger partial charge in [0, 0.05) is 55.9 Å². The number of likely N-dealkylation sites (tertiary alicyclic amines) is 1. The van der Waals surface area contributed by atoms with Gasteiger partial charge in [-0.3, -0.25) is 4.98 Å². The van der Waals surface area contributed by atoms with E-state index in [0.29, 0.717) is 6.04 Å². The molecule has 1 N–H and O–H groups in total. The molecule has 0 aliphatic carbocycles. The number of aromatic nitrogens is 3. The Hall–Kier alpha value is -2.01. The monoisotopic (exact) mass is 283 g/mol. The largest absolute Gasteiger partial charge is 0.350 e. The summed E-state index contributed by atoms with van der Waals surface area (Å²) in [4.78, 5) is 15.5. The van der Waals surface area contributed by atoms with Gasteiger partial charge in [0.15, 0.2) is 0 Å². The fourth-order valence-corrected chi connectivity index (χ4v) is 2.67. The molecule has 0 spiro atoms. The first-order valence-electron chi connectivity index (χ1n) is 7.48. The predicted molar refractivity (Wildman–Crippen MR) is 83.2 cm³/mol. The number of hydrogen-bond donors (Lipinski definition) is 1. The van der Waals surface area contributed by atoms with E-state index in [-0.39, 0.29) is 0 Å². The van der Waals surface area contributed by atoms with Crippen molar-refractivity contribution in [3.63, 3.8) is 0 Å². The number of rotatable bonds is 5. The van der Waals surface area contributed by atoms with E-state index in [9.17, 15) is 0 Å². The van der Waals surface area contributed by atoms with Crippen molar-refractivity contribution in [1.82, 2.24) is 19.9 Å². The summed E-state index contributed by atoms with van der Waals surface area (Å²) in [6, 6.07) is 8.45. The molecule has 1 aliphatic heterocycles. The number of hydrogen-bond acceptors (Lipinski definition) is 5. The minimum absolute atomic E-state index is 0.440. The molecule has 110 valence electrons. The van der Waals surface area contributed by atoms with Crippen LogP contribution in [-0.4, -0.2) is 45.5 Å². The Morgan fingerprint density at radius 3 is 3.00 bits per heavy atom. The topological polar surface area (TPSA) is 53.9 Å². The molecular formula is C16H21N5. The molecule has 0 aromatic carbocycles. The van der Waals surface area contributed by atoms with Crippen LogP contribution in [0.1, 0.15) is 17.8 Å². The molecular weight excluding hydrogens is 262 g/mol. The molecule has 3 rings (SSSR count). The Bertz CT molecular complexity index is 572. The zero-order chi connectivity index (χ0) is 14.5. The Morgan fingerprint density at radius 2 is 2.19 bits per heavy atom. The highest BCUT2D eigenvalue weighted by atomic mass is 15.2. The average molecular weight is 283 g/mol. The van der Waals surface area contributed by atoms with Crippen LogP contribution >= 0.6 is 0 Å². The van der Waals surface area contributed by atoms with Gasteiger partial charge in [-0.25, -0.2) is 9.97 Å². The summed E-state index contributed by atoms with van der Waals surface area (Å²) in [5.41, 5.74) is 2.16. The summed E-state index contributed by atoms with van der Waals surface area (Å²) >= 11 is 0. The molecule has 0 radical (unpaired) electrons. The van der Waals surface area contributed by atoms with E-state index in [1.54, 1.807) is 6.20 Å². The highest BCUT2D eigenvalue weighted by Crippen LogP contribution is 2.13. The Kier molecular flexibility index (Phi) is 4.40. The number of anilines is 1. The second-order valence-electron chi connectivity index (χ2n) is 5.52. The fourth-order valence-electron chi connectivity index (χ4n) is 2.67. The van der Waals surface area contributed by atoms with Crippen LogP contribution < -0.4 is 5.32 Å². The fraction of sp³-hybridized carbons (Fsp3) is 0.438. The minimum atomic E-state index is 0.440. The van der Waals surface area contributed by atoms with Crippen molar-refractivity contribution in [3.8, 4) is 0 Å². The van der Waals surface area contributed by atoms with Crippen molar-refractivity contribution in [2.45, 2.75) is 25.8 Å². The first-order chi connectivity index (χ1) is 10.3. The molecule has 1 unspecified atom stereocenters. The maximum absolute atomic E-state index is 4.40. The van der Waals surface area contributed by atoms with Gasteiger partial charge in [0.25, 0.3) is 0 Å². The quantitative estimate of drug-likeness (QED) is 0.908. The lowest BCUT2D eigenvalue weighted by Crippen LogP contribution is -2.28. The van der Waals surface area contributed by atoms with Gasteiger partial charge in [-0.2, -0.15) is 0 Å². The summed E-state index contributed by atoms with van der Waals surface area (Å²) < 4.78 is 0. The minimum Gasteiger partial charge on any atom is -0.350 e. The third-order valence-corrected chi connectivity index (χ3v) is 3.81. The first kappa shape index (κ1) is 13.9. The van der Waals surface area contributed by atoms with Gasteiger partial charge >= 0.3 is 0 Å². The lowest BCUT2D eigenvalue weighted by Gasteiger charge is -2.16. The molecule has 5 heteroatoms. The molecule has 21 heavy (non-hydrogen) atoms. The van der Waals surface area contributed by atoms with Gasteiger partial charge in [-0.15, -0.1) is 0 Å². The molecule has 0 amide bonds. The average Bonchev–Trinajstić information content (AvgIpc) is 2.94. The van der Waals surface area contributed by atoms with Crippen LogP contribution in [0.25, 0.3) is 0 Å². The number of nitrogens with one attached hydrogen (secondary N) is 1. The number of pyridine rings is 1. The molecule has 5 nitrogen and oxygen atoms in total. The third kappa shape index (κ3) is 3.98. The Balaban J connectivity index is 1.47.